The van der Waals surface area contributed by atoms with Crippen molar-refractivity contribution in [2.24, 2.45) is 0 Å². The molecule has 0 aliphatic carbocycles. The predicted molar refractivity (Wildman–Crippen MR) is 47.9 cm³/mol. The number of thioether (sulfide) groups is 1. The van der Waals surface area contributed by atoms with E-state index >= 15 is 0 Å². The van der Waals surface area contributed by atoms with Crippen LogP contribution in [-0.2, 0) is 0 Å². The van der Waals surface area contributed by atoms with Crippen molar-refractivity contribution in [3.63, 3.8) is 0 Å². The molecule has 0 nitrogen and oxygen atoms in total. The second-order valence-electron chi connectivity index (χ2n) is 2.00. The lowest BCUT2D eigenvalue weighted by atomic mass is 10.4. The van der Waals surface area contributed by atoms with Crippen molar-refractivity contribution in [3.05, 3.63) is 30.3 Å². The Hall–Kier alpha value is -0.210. The van der Waals surface area contributed by atoms with Gasteiger partial charge in [0.15, 0.2) is 5.50 Å². The van der Waals surface area contributed by atoms with E-state index in [1.807, 2.05) is 30.3 Å². The van der Waals surface area contributed by atoms with Crippen molar-refractivity contribution >= 4 is 23.4 Å². The maximum absolute atomic E-state index is 12.6. The minimum Gasteiger partial charge on any atom is -0.234 e. The van der Waals surface area contributed by atoms with Gasteiger partial charge in [-0.15, -0.1) is 11.6 Å². The molecule has 0 N–H and O–H groups in total. The Morgan fingerprint density at radius 3 is 2.55 bits per heavy atom. The van der Waals surface area contributed by atoms with Gasteiger partial charge in [0.05, 0.1) is 5.88 Å². The highest BCUT2D eigenvalue weighted by Gasteiger charge is 2.04. The molecule has 60 valence electrons. The highest BCUT2D eigenvalue weighted by atomic mass is 35.5. The first kappa shape index (κ1) is 8.88. The summed E-state index contributed by atoms with van der Waals surface area (Å²) in [4.78, 5) is 0.917. The lowest BCUT2D eigenvalue weighted by Gasteiger charge is -2.02. The maximum Gasteiger partial charge on any atom is 0.163 e. The standard InChI is InChI=1S/C8H8ClFS/c9-6-8(10)11-7-4-2-1-3-5-7/h1-5,8H,6H2. The van der Waals surface area contributed by atoms with Crippen LogP contribution in [0, 0.1) is 0 Å². The van der Waals surface area contributed by atoms with Gasteiger partial charge in [0, 0.05) is 4.90 Å². The molecule has 0 radical (unpaired) electrons. The van der Waals surface area contributed by atoms with Crippen molar-refractivity contribution in [1.82, 2.24) is 0 Å². The van der Waals surface area contributed by atoms with Gasteiger partial charge in [0.1, 0.15) is 0 Å². The van der Waals surface area contributed by atoms with Crippen LogP contribution in [0.4, 0.5) is 4.39 Å². The van der Waals surface area contributed by atoms with Crippen LogP contribution in [0.25, 0.3) is 0 Å². The number of benzene rings is 1. The van der Waals surface area contributed by atoms with E-state index in [1.165, 1.54) is 0 Å². The lowest BCUT2D eigenvalue weighted by Crippen LogP contribution is -1.93. The Labute approximate surface area is 74.8 Å². The summed E-state index contributed by atoms with van der Waals surface area (Å²) in [5, 5.41) is 0. The zero-order chi connectivity index (χ0) is 8.10. The molecule has 3 heteroatoms. The zero-order valence-electron chi connectivity index (χ0n) is 5.84. The Morgan fingerprint density at radius 1 is 1.36 bits per heavy atom. The van der Waals surface area contributed by atoms with E-state index in [1.54, 1.807) is 0 Å². The van der Waals surface area contributed by atoms with Gasteiger partial charge in [0.2, 0.25) is 0 Å². The molecule has 0 aliphatic rings. The highest BCUT2D eigenvalue weighted by Crippen LogP contribution is 2.24. The van der Waals surface area contributed by atoms with Gasteiger partial charge >= 0.3 is 0 Å². The first-order chi connectivity index (χ1) is 5.33. The topological polar surface area (TPSA) is 0 Å². The number of alkyl halides is 2. The number of halogens is 2. The Balaban J connectivity index is 2.51. The van der Waals surface area contributed by atoms with Crippen LogP contribution in [0.5, 0.6) is 0 Å². The molecular formula is C8H8ClFS. The molecule has 0 aliphatic heterocycles. The Morgan fingerprint density at radius 2 is 2.00 bits per heavy atom. The van der Waals surface area contributed by atoms with E-state index in [2.05, 4.69) is 0 Å². The van der Waals surface area contributed by atoms with Crippen LogP contribution in [0.15, 0.2) is 35.2 Å². The van der Waals surface area contributed by atoms with Crippen molar-refractivity contribution < 1.29 is 4.39 Å². The molecule has 0 amide bonds. The molecule has 0 saturated carbocycles. The van der Waals surface area contributed by atoms with E-state index in [-0.39, 0.29) is 5.88 Å². The molecule has 0 saturated heterocycles. The molecule has 0 spiro atoms. The van der Waals surface area contributed by atoms with Gasteiger partial charge in [-0.3, -0.25) is 0 Å². The highest BCUT2D eigenvalue weighted by molar-refractivity contribution is 7.99. The molecule has 1 aromatic rings. The summed E-state index contributed by atoms with van der Waals surface area (Å²) in [5.74, 6) is 0.0412. The predicted octanol–water partition coefficient (Wildman–Crippen LogP) is 3.31. The summed E-state index contributed by atoms with van der Waals surface area (Å²) in [6.45, 7) is 0. The van der Waals surface area contributed by atoms with E-state index in [0.29, 0.717) is 0 Å². The van der Waals surface area contributed by atoms with Crippen LogP contribution >= 0.6 is 23.4 Å². The summed E-state index contributed by atoms with van der Waals surface area (Å²) in [7, 11) is 0. The molecule has 0 aromatic heterocycles. The van der Waals surface area contributed by atoms with Crippen LogP contribution in [0.3, 0.4) is 0 Å². The number of hydrogen-bond donors (Lipinski definition) is 0. The second-order valence-corrected chi connectivity index (χ2v) is 3.52. The fourth-order valence-corrected chi connectivity index (χ4v) is 1.54. The smallest absolute Gasteiger partial charge is 0.163 e. The number of hydrogen-bond acceptors (Lipinski definition) is 1. The van der Waals surface area contributed by atoms with Gasteiger partial charge in [-0.1, -0.05) is 30.0 Å². The van der Waals surface area contributed by atoms with E-state index in [0.717, 1.165) is 16.7 Å². The summed E-state index contributed by atoms with van der Waals surface area (Å²) in [5.41, 5.74) is -1.00. The monoisotopic (exact) mass is 190 g/mol. The van der Waals surface area contributed by atoms with Crippen molar-refractivity contribution in [3.8, 4) is 0 Å². The Kier molecular flexibility index (Phi) is 3.73. The van der Waals surface area contributed by atoms with Crippen LogP contribution in [0.1, 0.15) is 0 Å². The van der Waals surface area contributed by atoms with Gasteiger partial charge in [0.25, 0.3) is 0 Å². The summed E-state index contributed by atoms with van der Waals surface area (Å²) in [6.07, 6.45) is 0. The molecule has 0 heterocycles. The van der Waals surface area contributed by atoms with Crippen molar-refractivity contribution in [2.45, 2.75) is 10.4 Å². The van der Waals surface area contributed by atoms with Crippen molar-refractivity contribution in [1.29, 1.82) is 0 Å². The zero-order valence-corrected chi connectivity index (χ0v) is 7.41. The largest absolute Gasteiger partial charge is 0.234 e. The summed E-state index contributed by atoms with van der Waals surface area (Å²) in [6, 6.07) is 9.39. The Bertz CT molecular complexity index is 203. The van der Waals surface area contributed by atoms with E-state index in [9.17, 15) is 4.39 Å². The third kappa shape index (κ3) is 3.12. The van der Waals surface area contributed by atoms with E-state index < -0.39 is 5.50 Å². The average molecular weight is 191 g/mol. The van der Waals surface area contributed by atoms with Crippen LogP contribution in [-0.4, -0.2) is 11.4 Å². The molecule has 1 unspecified atom stereocenters. The fraction of sp³-hybridized carbons (Fsp3) is 0.250. The second kappa shape index (κ2) is 4.62. The van der Waals surface area contributed by atoms with Gasteiger partial charge in [-0.05, 0) is 12.1 Å². The molecular weight excluding hydrogens is 183 g/mol. The third-order valence-corrected chi connectivity index (χ3v) is 2.55. The molecule has 0 fully saturated rings. The van der Waals surface area contributed by atoms with E-state index in [4.69, 9.17) is 11.6 Å². The van der Waals surface area contributed by atoms with Gasteiger partial charge in [-0.25, -0.2) is 4.39 Å². The lowest BCUT2D eigenvalue weighted by molar-refractivity contribution is 0.487. The van der Waals surface area contributed by atoms with Crippen LogP contribution in [0.2, 0.25) is 0 Å². The normalized spacial score (nSPS) is 12.9. The molecule has 0 bridgehead atoms. The first-order valence-electron chi connectivity index (χ1n) is 3.24. The minimum atomic E-state index is -1.00. The van der Waals surface area contributed by atoms with Crippen molar-refractivity contribution in [2.75, 3.05) is 5.88 Å². The number of rotatable bonds is 3. The third-order valence-electron chi connectivity index (χ3n) is 1.13. The molecule has 11 heavy (non-hydrogen) atoms. The SMILES string of the molecule is FC(CCl)Sc1ccccc1. The average Bonchev–Trinajstić information content (AvgIpc) is 2.06. The summed E-state index contributed by atoms with van der Waals surface area (Å²) >= 11 is 6.45. The summed E-state index contributed by atoms with van der Waals surface area (Å²) < 4.78 is 12.6. The quantitative estimate of drug-likeness (QED) is 0.521. The molecule has 1 rings (SSSR count). The minimum absolute atomic E-state index is 0.0412. The fourth-order valence-electron chi connectivity index (χ4n) is 0.678. The van der Waals surface area contributed by atoms with Gasteiger partial charge < -0.3 is 0 Å². The molecule has 1 aromatic carbocycles. The first-order valence-corrected chi connectivity index (χ1v) is 4.66. The van der Waals surface area contributed by atoms with Gasteiger partial charge in [-0.2, -0.15) is 0 Å². The molecule has 1 atom stereocenters. The van der Waals surface area contributed by atoms with Crippen LogP contribution < -0.4 is 0 Å². The maximum atomic E-state index is 12.6.